The van der Waals surface area contributed by atoms with Crippen molar-refractivity contribution in [2.45, 2.75) is 72.1 Å². The molecule has 0 spiro atoms. The zero-order valence-corrected chi connectivity index (χ0v) is 35.8. The molecule has 0 aromatic heterocycles. The minimum absolute atomic E-state index is 0.0278. The third-order valence-electron chi connectivity index (χ3n) is 11.1. The fourth-order valence-electron chi connectivity index (χ4n) is 8.83. The van der Waals surface area contributed by atoms with Crippen LogP contribution in [-0.2, 0) is 37.8 Å². The number of rotatable bonds is 15. The standard InChI is InChI=1S/2C20H18F3.C2H3BN2O2.2ClH.Hf/c2*1-2-3-7-14-12-15-8-6-10-16(18(15)13-14)17-9-4-5-11-19(17)20(21,22)23;6-1-4-3-5-2-7;;;/h2*4-6,8-13H,2-3,7H2,1H3;1-2H,(H-,4,5,6,7);2*1H;/q;;;;;+1/p-1. The molecule has 56 heavy (non-hydrogen) atoms. The number of hydrogen-bond donors (Lipinski definition) is 2. The Morgan fingerprint density at radius 3 is 1.34 bits per heavy atom. The average molecular weight is 979 g/mol. The molecule has 4 aromatic carbocycles. The van der Waals surface area contributed by atoms with Gasteiger partial charge >= 0.3 is 333 Å². The van der Waals surface area contributed by atoms with Crippen molar-refractivity contribution in [1.29, 1.82) is 0 Å². The molecule has 2 aliphatic rings. The first-order chi connectivity index (χ1) is 26.6. The number of carbonyl (C=O) groups is 2. The molecule has 2 unspecified atom stereocenters. The maximum atomic E-state index is 14.5. The van der Waals surface area contributed by atoms with E-state index < -0.39 is 51.3 Å². The summed E-state index contributed by atoms with van der Waals surface area (Å²) < 4.78 is 83.8. The second-order valence-electron chi connectivity index (χ2n) is 14.4. The molecular formula is C42H40BCl2F6HfN2O2. The zero-order chi connectivity index (χ0) is 40.5. The molecule has 2 atom stereocenters. The van der Waals surface area contributed by atoms with Crippen LogP contribution in [0.25, 0.3) is 34.4 Å². The first-order valence-corrected chi connectivity index (χ1v) is 33.7. The molecule has 293 valence electrons. The molecule has 0 heterocycles. The molecule has 2 N–H and O–H groups in total. The van der Waals surface area contributed by atoms with Gasteiger partial charge < -0.3 is 0 Å². The number of carbonyl (C=O) groups excluding carboxylic acids is 2. The normalized spacial score (nSPS) is 17.2. The van der Waals surface area contributed by atoms with Gasteiger partial charge in [-0.3, -0.25) is 0 Å². The van der Waals surface area contributed by atoms with E-state index in [1.807, 2.05) is 26.0 Å². The van der Waals surface area contributed by atoms with E-state index in [0.29, 0.717) is 71.9 Å². The fraction of sp³-hybridized carbons (Fsp3) is 0.286. The number of allylic oxidation sites excluding steroid dienone is 2. The van der Waals surface area contributed by atoms with Gasteiger partial charge in [-0.25, -0.2) is 0 Å². The molecule has 4 aromatic rings. The Hall–Kier alpha value is -3.60. The van der Waals surface area contributed by atoms with E-state index in [2.05, 4.69) is 10.5 Å². The van der Waals surface area contributed by atoms with E-state index in [1.54, 1.807) is 48.5 Å². The van der Waals surface area contributed by atoms with Gasteiger partial charge in [0.05, 0.1) is 0 Å². The summed E-state index contributed by atoms with van der Waals surface area (Å²) in [6.45, 7) is 4.00. The molecule has 4 nitrogen and oxygen atoms in total. The van der Waals surface area contributed by atoms with Crippen molar-refractivity contribution >= 4 is 46.7 Å². The molecule has 2 aliphatic carbocycles. The summed E-state index contributed by atoms with van der Waals surface area (Å²) in [5.74, 6) is 0. The van der Waals surface area contributed by atoms with Crippen molar-refractivity contribution in [3.8, 4) is 22.3 Å². The number of benzene rings is 4. The van der Waals surface area contributed by atoms with Crippen LogP contribution >= 0.6 is 17.2 Å². The predicted molar refractivity (Wildman–Crippen MR) is 210 cm³/mol. The Balaban J connectivity index is 1.69. The van der Waals surface area contributed by atoms with Gasteiger partial charge in [0.2, 0.25) is 0 Å². The van der Waals surface area contributed by atoms with E-state index in [0.717, 1.165) is 36.1 Å². The van der Waals surface area contributed by atoms with Crippen LogP contribution in [0.1, 0.15) is 93.1 Å². The molecule has 14 heteroatoms. The Bertz CT molecular complexity index is 2060. The fourth-order valence-corrected chi connectivity index (χ4v) is 38.5. The molecule has 0 bridgehead atoms. The first kappa shape index (κ1) is 42.0. The summed E-state index contributed by atoms with van der Waals surface area (Å²) in [5.41, 5.74) is 2.62. The van der Waals surface area contributed by atoms with Gasteiger partial charge in [0.15, 0.2) is 0 Å². The molecule has 0 saturated heterocycles. The van der Waals surface area contributed by atoms with Crippen LogP contribution in [-0.4, -0.2) is 17.4 Å². The van der Waals surface area contributed by atoms with Gasteiger partial charge in [-0.15, -0.1) is 0 Å². The van der Waals surface area contributed by atoms with Crippen LogP contribution in [0.5, 0.6) is 0 Å². The van der Waals surface area contributed by atoms with Crippen LogP contribution in [0.4, 0.5) is 26.3 Å². The minimum atomic E-state index is -6.54. The van der Waals surface area contributed by atoms with Crippen molar-refractivity contribution in [2.24, 2.45) is 0 Å². The van der Waals surface area contributed by atoms with E-state index in [9.17, 15) is 35.9 Å². The second kappa shape index (κ2) is 16.3. The van der Waals surface area contributed by atoms with Crippen LogP contribution in [0.2, 0.25) is 0 Å². The Morgan fingerprint density at radius 2 is 0.982 bits per heavy atom. The molecule has 0 radical (unpaired) electrons. The van der Waals surface area contributed by atoms with E-state index in [4.69, 9.17) is 17.2 Å². The Labute approximate surface area is 330 Å². The summed E-state index contributed by atoms with van der Waals surface area (Å²) in [5, 5.41) is 5.49. The molecule has 0 fully saturated rings. The third-order valence-corrected chi connectivity index (χ3v) is 39.8. The van der Waals surface area contributed by atoms with Crippen LogP contribution in [0.3, 0.4) is 0 Å². The number of nitrogens with one attached hydrogen (secondary N) is 2. The van der Waals surface area contributed by atoms with Crippen molar-refractivity contribution in [3.05, 3.63) is 129 Å². The first-order valence-electron chi connectivity index (χ1n) is 18.6. The van der Waals surface area contributed by atoms with Crippen LogP contribution in [0.15, 0.2) is 96.1 Å². The van der Waals surface area contributed by atoms with Crippen LogP contribution < -0.4 is 10.5 Å². The van der Waals surface area contributed by atoms with Crippen molar-refractivity contribution in [2.75, 3.05) is 0 Å². The van der Waals surface area contributed by atoms with E-state index in [-0.39, 0.29) is 11.1 Å². The third kappa shape index (κ3) is 7.46. The molecule has 0 saturated carbocycles. The topological polar surface area (TPSA) is 58.2 Å². The molecule has 6 rings (SSSR count). The molecular weight excluding hydrogens is 939 g/mol. The van der Waals surface area contributed by atoms with Crippen molar-refractivity contribution in [3.63, 3.8) is 0 Å². The van der Waals surface area contributed by atoms with Crippen molar-refractivity contribution < 1.29 is 51.8 Å². The van der Waals surface area contributed by atoms with Crippen LogP contribution in [0, 0.1) is 0 Å². The zero-order valence-electron chi connectivity index (χ0n) is 30.7. The number of fused-ring (bicyclic) bond motifs is 2. The number of amides is 2. The number of unbranched alkanes of at least 4 members (excludes halogenated alkanes) is 2. The predicted octanol–water partition coefficient (Wildman–Crippen LogP) is 12.5. The molecule has 0 aliphatic heterocycles. The average Bonchev–Trinajstić information content (AvgIpc) is 3.75. The van der Waals surface area contributed by atoms with E-state index in [1.165, 1.54) is 24.3 Å². The second-order valence-corrected chi connectivity index (χ2v) is 44.9. The number of hydrogen-bond acceptors (Lipinski definition) is 2. The summed E-state index contributed by atoms with van der Waals surface area (Å²) in [4.78, 5) is 24.9. The summed E-state index contributed by atoms with van der Waals surface area (Å²) >= 11 is -6.54. The summed E-state index contributed by atoms with van der Waals surface area (Å²) in [6.07, 6.45) is -0.972. The van der Waals surface area contributed by atoms with Gasteiger partial charge in [0, 0.05) is 0 Å². The van der Waals surface area contributed by atoms with Gasteiger partial charge in [0.1, 0.15) is 0 Å². The summed E-state index contributed by atoms with van der Waals surface area (Å²) in [7, 11) is 16.9. The quantitative estimate of drug-likeness (QED) is 0.0708. The monoisotopic (exact) mass is 979 g/mol. The van der Waals surface area contributed by atoms with E-state index >= 15 is 0 Å². The number of alkyl halides is 6. The van der Waals surface area contributed by atoms with Gasteiger partial charge in [0.25, 0.3) is 0 Å². The maximum absolute atomic E-state index is 14.5. The number of halogens is 8. The van der Waals surface area contributed by atoms with Gasteiger partial charge in [-0.1, -0.05) is 0 Å². The summed E-state index contributed by atoms with van der Waals surface area (Å²) in [6, 6.07) is 20.8. The van der Waals surface area contributed by atoms with Crippen molar-refractivity contribution in [1.82, 2.24) is 10.5 Å². The van der Waals surface area contributed by atoms with Gasteiger partial charge in [-0.05, 0) is 0 Å². The Kier molecular flexibility index (Phi) is 12.3. The van der Waals surface area contributed by atoms with Gasteiger partial charge in [-0.2, -0.15) is 0 Å². The molecule has 2 amide bonds. The SMILES string of the molecule is CCCCC1=Cc2c(-c3ccccc3C(F)(F)F)cccc2[CH]1[Hf]([Cl])([Cl])([B](NC=O)NC=O)[CH]1C(CCCC)=Cc2c(-c3ccccc3C(F)(F)F)cccc21. The Morgan fingerprint density at radius 1 is 0.607 bits per heavy atom.